The van der Waals surface area contributed by atoms with E-state index in [-0.39, 0.29) is 24.6 Å². The molecule has 0 unspecified atom stereocenters. The van der Waals surface area contributed by atoms with E-state index < -0.39 is 17.3 Å². The van der Waals surface area contributed by atoms with Gasteiger partial charge in [-0.3, -0.25) is 4.79 Å². The fourth-order valence-electron chi connectivity index (χ4n) is 2.74. The third-order valence-corrected chi connectivity index (χ3v) is 4.42. The average Bonchev–Trinajstić information content (AvgIpc) is 2.78. The molecule has 0 bridgehead atoms. The van der Waals surface area contributed by atoms with Gasteiger partial charge < -0.3 is 19.3 Å². The van der Waals surface area contributed by atoms with E-state index >= 15 is 0 Å². The lowest BCUT2D eigenvalue weighted by Gasteiger charge is -2.37. The number of carbonyl (C=O) groups is 1. The predicted octanol–water partition coefficient (Wildman–Crippen LogP) is 2.36. The second-order valence-corrected chi connectivity index (χ2v) is 6.98. The van der Waals surface area contributed by atoms with Gasteiger partial charge in [-0.05, 0) is 31.1 Å². The molecule has 2 saturated heterocycles. The van der Waals surface area contributed by atoms with E-state index in [2.05, 4.69) is 23.7 Å². The number of hydrogen-bond acceptors (Lipinski definition) is 5. The maximum atomic E-state index is 11.8. The van der Waals surface area contributed by atoms with Crippen molar-refractivity contribution in [2.75, 3.05) is 6.61 Å². The minimum absolute atomic E-state index is 0.158. The molecule has 136 valence electrons. The Hall–Kier alpha value is -1.66. The highest BCUT2D eigenvalue weighted by Gasteiger charge is 2.55. The molecule has 6 heteroatoms. The SMILES string of the molecule is CC#CC#C/C=C1/O[C@@]2(CC[C@H](OC(=O)CC(C)C)CO2)[C@H](O)[C@H]1Cl. The van der Waals surface area contributed by atoms with Gasteiger partial charge in [0.1, 0.15) is 23.3 Å². The second kappa shape index (κ2) is 8.63. The van der Waals surface area contributed by atoms with Crippen molar-refractivity contribution in [3.05, 3.63) is 11.8 Å². The van der Waals surface area contributed by atoms with Crippen LogP contribution in [0, 0.1) is 29.6 Å². The van der Waals surface area contributed by atoms with Crippen molar-refractivity contribution < 1.29 is 24.1 Å². The maximum absolute atomic E-state index is 11.8. The number of aliphatic hydroxyl groups excluding tert-OH is 1. The highest BCUT2D eigenvalue weighted by molar-refractivity contribution is 6.23. The van der Waals surface area contributed by atoms with Gasteiger partial charge in [-0.25, -0.2) is 0 Å². The van der Waals surface area contributed by atoms with Crippen LogP contribution in [0.15, 0.2) is 11.8 Å². The number of carbonyl (C=O) groups excluding carboxylic acids is 1. The lowest BCUT2D eigenvalue weighted by molar-refractivity contribution is -0.271. The van der Waals surface area contributed by atoms with E-state index in [1.807, 2.05) is 13.8 Å². The Kier molecular flexibility index (Phi) is 6.79. The van der Waals surface area contributed by atoms with Gasteiger partial charge in [0, 0.05) is 18.9 Å². The van der Waals surface area contributed by atoms with Crippen molar-refractivity contribution in [2.24, 2.45) is 5.92 Å². The molecule has 5 nitrogen and oxygen atoms in total. The summed E-state index contributed by atoms with van der Waals surface area (Å²) in [4.78, 5) is 11.8. The number of ether oxygens (including phenoxy) is 3. The highest BCUT2D eigenvalue weighted by atomic mass is 35.5. The summed E-state index contributed by atoms with van der Waals surface area (Å²) in [7, 11) is 0. The first-order chi connectivity index (χ1) is 11.9. The molecular formula is C19H23ClO5. The van der Waals surface area contributed by atoms with Crippen LogP contribution in [0.5, 0.6) is 0 Å². The lowest BCUT2D eigenvalue weighted by Crippen LogP contribution is -2.50. The molecule has 2 aliphatic rings. The summed E-state index contributed by atoms with van der Waals surface area (Å²) in [6.07, 6.45) is 1.41. The zero-order valence-corrected chi connectivity index (χ0v) is 15.4. The monoisotopic (exact) mass is 366 g/mol. The van der Waals surface area contributed by atoms with Crippen LogP contribution < -0.4 is 0 Å². The molecule has 0 saturated carbocycles. The summed E-state index contributed by atoms with van der Waals surface area (Å²) in [5.74, 6) is 9.77. The van der Waals surface area contributed by atoms with E-state index in [4.69, 9.17) is 25.8 Å². The smallest absolute Gasteiger partial charge is 0.306 e. The normalized spacial score (nSPS) is 32.6. The van der Waals surface area contributed by atoms with Crippen molar-refractivity contribution in [1.29, 1.82) is 0 Å². The standard InChI is InChI=1S/C19H23ClO5/c1-4-5-6-7-8-15-17(20)18(22)19(25-15)10-9-14(12-23-19)24-16(21)11-13(2)3/h8,13-14,17-18,22H,9-12H2,1-3H3/b15-8+/t14-,17-,18+,19-/m0/s1. The quantitative estimate of drug-likeness (QED) is 0.472. The Morgan fingerprint density at radius 1 is 1.52 bits per heavy atom. The fraction of sp³-hybridized carbons (Fsp3) is 0.632. The molecule has 0 aromatic heterocycles. The Bertz CT molecular complexity index is 638. The van der Waals surface area contributed by atoms with Gasteiger partial charge in [-0.15, -0.1) is 11.6 Å². The van der Waals surface area contributed by atoms with Crippen molar-refractivity contribution >= 4 is 17.6 Å². The minimum atomic E-state index is -1.21. The van der Waals surface area contributed by atoms with Gasteiger partial charge in [-0.2, -0.15) is 0 Å². The van der Waals surface area contributed by atoms with Crippen molar-refractivity contribution in [3.8, 4) is 23.7 Å². The van der Waals surface area contributed by atoms with Gasteiger partial charge in [-0.1, -0.05) is 25.7 Å². The van der Waals surface area contributed by atoms with Crippen LogP contribution in [0.1, 0.15) is 40.0 Å². The number of aliphatic hydroxyl groups is 1. The van der Waals surface area contributed by atoms with Crippen LogP contribution in [-0.4, -0.2) is 41.1 Å². The second-order valence-electron chi connectivity index (χ2n) is 6.51. The van der Waals surface area contributed by atoms with Crippen molar-refractivity contribution in [2.45, 2.75) is 63.4 Å². The van der Waals surface area contributed by atoms with Crippen LogP contribution in [0.3, 0.4) is 0 Å². The third kappa shape index (κ3) is 4.92. The van der Waals surface area contributed by atoms with Crippen LogP contribution in [-0.2, 0) is 19.0 Å². The average molecular weight is 367 g/mol. The van der Waals surface area contributed by atoms with E-state index in [1.165, 1.54) is 6.08 Å². The molecule has 2 aliphatic heterocycles. The van der Waals surface area contributed by atoms with E-state index in [9.17, 15) is 9.90 Å². The molecule has 2 fully saturated rings. The van der Waals surface area contributed by atoms with Crippen LogP contribution >= 0.6 is 11.6 Å². The lowest BCUT2D eigenvalue weighted by atomic mass is 9.98. The molecule has 0 aromatic rings. The van der Waals surface area contributed by atoms with Gasteiger partial charge >= 0.3 is 5.97 Å². The van der Waals surface area contributed by atoms with Gasteiger partial charge in [0.25, 0.3) is 0 Å². The summed E-state index contributed by atoms with van der Waals surface area (Å²) >= 11 is 6.23. The highest BCUT2D eigenvalue weighted by Crippen LogP contribution is 2.43. The Labute approximate surface area is 153 Å². The molecular weight excluding hydrogens is 344 g/mol. The van der Waals surface area contributed by atoms with Gasteiger partial charge in [0.05, 0.1) is 6.61 Å². The number of alkyl halides is 1. The zero-order valence-electron chi connectivity index (χ0n) is 14.7. The molecule has 2 rings (SSSR count). The summed E-state index contributed by atoms with van der Waals surface area (Å²) in [6.45, 7) is 5.77. The van der Waals surface area contributed by atoms with Crippen molar-refractivity contribution in [3.63, 3.8) is 0 Å². The third-order valence-electron chi connectivity index (χ3n) is 3.97. The Morgan fingerprint density at radius 2 is 2.28 bits per heavy atom. The molecule has 25 heavy (non-hydrogen) atoms. The minimum Gasteiger partial charge on any atom is -0.461 e. The van der Waals surface area contributed by atoms with Crippen molar-refractivity contribution in [1.82, 2.24) is 0 Å². The fourth-order valence-corrected chi connectivity index (χ4v) is 3.03. The van der Waals surface area contributed by atoms with Gasteiger partial charge in [0.2, 0.25) is 5.79 Å². The van der Waals surface area contributed by atoms with E-state index in [0.717, 1.165) is 0 Å². The predicted molar refractivity (Wildman–Crippen MR) is 93.3 cm³/mol. The first-order valence-corrected chi connectivity index (χ1v) is 8.78. The number of esters is 1. The first kappa shape index (κ1) is 19.7. The van der Waals surface area contributed by atoms with Crippen LogP contribution in [0.25, 0.3) is 0 Å². The Morgan fingerprint density at radius 3 is 2.88 bits per heavy atom. The number of halogens is 1. The largest absolute Gasteiger partial charge is 0.461 e. The number of hydrogen-bond donors (Lipinski definition) is 1. The molecule has 0 aliphatic carbocycles. The summed E-state index contributed by atoms with van der Waals surface area (Å²) in [6, 6.07) is 0. The first-order valence-electron chi connectivity index (χ1n) is 8.35. The van der Waals surface area contributed by atoms with Crippen LogP contribution in [0.4, 0.5) is 0 Å². The van der Waals surface area contributed by atoms with Crippen LogP contribution in [0.2, 0.25) is 0 Å². The number of allylic oxidation sites excluding steroid dienone is 1. The van der Waals surface area contributed by atoms with Gasteiger partial charge in [0.15, 0.2) is 0 Å². The molecule has 1 spiro atoms. The topological polar surface area (TPSA) is 65.0 Å². The summed E-state index contributed by atoms with van der Waals surface area (Å²) in [5, 5.41) is 9.68. The Balaban J connectivity index is 1.96. The maximum Gasteiger partial charge on any atom is 0.306 e. The summed E-state index contributed by atoms with van der Waals surface area (Å²) in [5.41, 5.74) is 0. The number of rotatable bonds is 3. The molecule has 1 N–H and O–H groups in total. The summed E-state index contributed by atoms with van der Waals surface area (Å²) < 4.78 is 16.9. The van der Waals surface area contributed by atoms with E-state index in [1.54, 1.807) is 6.92 Å². The molecule has 2 heterocycles. The van der Waals surface area contributed by atoms with E-state index in [0.29, 0.717) is 25.0 Å². The molecule has 0 amide bonds. The molecule has 0 aromatic carbocycles. The zero-order chi connectivity index (χ0) is 18.4. The molecule has 4 atom stereocenters. The molecule has 0 radical (unpaired) electrons.